The van der Waals surface area contributed by atoms with Crippen molar-refractivity contribution in [2.75, 3.05) is 0 Å². The van der Waals surface area contributed by atoms with Crippen LogP contribution in [0.2, 0.25) is 6.04 Å². The summed E-state index contributed by atoms with van der Waals surface area (Å²) in [4.78, 5) is 0. The van der Waals surface area contributed by atoms with E-state index in [1.807, 2.05) is 0 Å². The molecule has 0 atom stereocenters. The van der Waals surface area contributed by atoms with Gasteiger partial charge in [-0.1, -0.05) is 0 Å². The van der Waals surface area contributed by atoms with Crippen molar-refractivity contribution in [3.05, 3.63) is 0 Å². The van der Waals surface area contributed by atoms with Gasteiger partial charge >= 0.3 is 0 Å². The highest BCUT2D eigenvalue weighted by Crippen LogP contribution is 2.06. The van der Waals surface area contributed by atoms with E-state index in [4.69, 9.17) is 9.69 Å². The summed E-state index contributed by atoms with van der Waals surface area (Å²) in [6, 6.07) is 3.26. The summed E-state index contributed by atoms with van der Waals surface area (Å²) < 4.78 is 5.61. The SMILES string of the molecule is CC(C)(C)O[SiH2]CCCC#N. The van der Waals surface area contributed by atoms with Crippen molar-refractivity contribution < 1.29 is 4.43 Å². The van der Waals surface area contributed by atoms with Crippen molar-refractivity contribution in [1.82, 2.24) is 0 Å². The molecule has 11 heavy (non-hydrogen) atoms. The van der Waals surface area contributed by atoms with Gasteiger partial charge in [-0.15, -0.1) is 0 Å². The summed E-state index contributed by atoms with van der Waals surface area (Å²) in [5.41, 5.74) is 0.0267. The maximum Gasteiger partial charge on any atom is 0.162 e. The van der Waals surface area contributed by atoms with Crippen LogP contribution >= 0.6 is 0 Å². The minimum Gasteiger partial charge on any atom is -0.419 e. The van der Waals surface area contributed by atoms with Gasteiger partial charge in [-0.3, -0.25) is 0 Å². The zero-order chi connectivity index (χ0) is 8.74. The topological polar surface area (TPSA) is 33.0 Å². The van der Waals surface area contributed by atoms with Gasteiger partial charge in [0.2, 0.25) is 0 Å². The average Bonchev–Trinajstić information content (AvgIpc) is 1.85. The Hall–Kier alpha value is -0.333. The van der Waals surface area contributed by atoms with Crippen LogP contribution in [0.3, 0.4) is 0 Å². The molecule has 2 nitrogen and oxygen atoms in total. The van der Waals surface area contributed by atoms with E-state index in [1.54, 1.807) is 0 Å². The standard InChI is InChI=1S/C8H17NOSi/c1-8(2,3)10-11-7-5-4-6-9/h4-5,7,11H2,1-3H3. The van der Waals surface area contributed by atoms with E-state index in [1.165, 1.54) is 0 Å². The Bertz CT molecular complexity index is 134. The number of nitrogens with zero attached hydrogens (tertiary/aromatic N) is 1. The first kappa shape index (κ1) is 10.7. The van der Waals surface area contributed by atoms with Gasteiger partial charge < -0.3 is 4.43 Å². The molecule has 0 N–H and O–H groups in total. The average molecular weight is 171 g/mol. The smallest absolute Gasteiger partial charge is 0.162 e. The second-order valence-electron chi connectivity index (χ2n) is 3.58. The minimum absolute atomic E-state index is 0.0267. The van der Waals surface area contributed by atoms with Crippen LogP contribution in [-0.2, 0) is 4.43 Å². The largest absolute Gasteiger partial charge is 0.419 e. The summed E-state index contributed by atoms with van der Waals surface area (Å²) in [5.74, 6) is 0. The molecule has 0 heterocycles. The van der Waals surface area contributed by atoms with E-state index in [0.717, 1.165) is 12.5 Å². The Morgan fingerprint density at radius 1 is 1.45 bits per heavy atom. The second kappa shape index (κ2) is 5.33. The van der Waals surface area contributed by atoms with Crippen molar-refractivity contribution in [3.63, 3.8) is 0 Å². The molecule has 0 aromatic carbocycles. The van der Waals surface area contributed by atoms with Crippen LogP contribution in [0.5, 0.6) is 0 Å². The maximum absolute atomic E-state index is 8.25. The van der Waals surface area contributed by atoms with E-state index in [0.29, 0.717) is 6.42 Å². The summed E-state index contributed by atoms with van der Waals surface area (Å²) >= 11 is 0. The lowest BCUT2D eigenvalue weighted by Gasteiger charge is -2.19. The lowest BCUT2D eigenvalue weighted by Crippen LogP contribution is -2.21. The molecule has 0 aromatic rings. The molecule has 0 saturated carbocycles. The maximum atomic E-state index is 8.25. The molecule has 0 amide bonds. The first-order chi connectivity index (χ1) is 5.06. The van der Waals surface area contributed by atoms with E-state index in [2.05, 4.69) is 26.8 Å². The fraction of sp³-hybridized carbons (Fsp3) is 0.875. The minimum atomic E-state index is -0.364. The van der Waals surface area contributed by atoms with Crippen molar-refractivity contribution in [1.29, 1.82) is 5.26 Å². The Kier molecular flexibility index (Phi) is 5.17. The molecule has 0 bridgehead atoms. The van der Waals surface area contributed by atoms with E-state index >= 15 is 0 Å². The molecule has 0 rings (SSSR count). The number of hydrogen-bond donors (Lipinski definition) is 0. The summed E-state index contributed by atoms with van der Waals surface area (Å²) in [5, 5.41) is 8.25. The van der Waals surface area contributed by atoms with Crippen LogP contribution in [0.1, 0.15) is 33.6 Å². The number of hydrogen-bond acceptors (Lipinski definition) is 2. The predicted molar refractivity (Wildman–Crippen MR) is 49.0 cm³/mol. The van der Waals surface area contributed by atoms with Gasteiger partial charge in [-0.25, -0.2) is 0 Å². The Morgan fingerprint density at radius 2 is 2.09 bits per heavy atom. The van der Waals surface area contributed by atoms with E-state index in [9.17, 15) is 0 Å². The van der Waals surface area contributed by atoms with Crippen molar-refractivity contribution in [2.45, 2.75) is 45.3 Å². The number of rotatable bonds is 4. The number of unbranched alkanes of at least 4 members (excludes halogenated alkanes) is 1. The highest BCUT2D eigenvalue weighted by Gasteiger charge is 2.08. The first-order valence-corrected chi connectivity index (χ1v) is 5.65. The van der Waals surface area contributed by atoms with E-state index < -0.39 is 0 Å². The molecular weight excluding hydrogens is 154 g/mol. The Labute approximate surface area is 71.5 Å². The Morgan fingerprint density at radius 3 is 2.55 bits per heavy atom. The summed E-state index contributed by atoms with van der Waals surface area (Å²) in [6.07, 6.45) is 1.69. The van der Waals surface area contributed by atoms with Gasteiger partial charge in [0.15, 0.2) is 9.76 Å². The zero-order valence-corrected chi connectivity index (χ0v) is 9.10. The van der Waals surface area contributed by atoms with Gasteiger partial charge in [0.05, 0.1) is 6.07 Å². The van der Waals surface area contributed by atoms with Gasteiger partial charge in [0.25, 0.3) is 0 Å². The molecule has 0 radical (unpaired) electrons. The van der Waals surface area contributed by atoms with Crippen LogP contribution in [0, 0.1) is 11.3 Å². The zero-order valence-electron chi connectivity index (χ0n) is 7.68. The lowest BCUT2D eigenvalue weighted by molar-refractivity contribution is 0.138. The van der Waals surface area contributed by atoms with Gasteiger partial charge in [-0.05, 0) is 33.2 Å². The third kappa shape index (κ3) is 9.67. The van der Waals surface area contributed by atoms with Gasteiger partial charge in [0, 0.05) is 12.0 Å². The van der Waals surface area contributed by atoms with Crippen LogP contribution in [0.15, 0.2) is 0 Å². The molecule has 0 aromatic heterocycles. The van der Waals surface area contributed by atoms with Crippen molar-refractivity contribution >= 4 is 9.76 Å². The fourth-order valence-electron chi connectivity index (χ4n) is 0.684. The van der Waals surface area contributed by atoms with E-state index in [-0.39, 0.29) is 15.4 Å². The monoisotopic (exact) mass is 171 g/mol. The number of nitriles is 1. The Balaban J connectivity index is 3.10. The lowest BCUT2D eigenvalue weighted by atomic mass is 10.2. The third-order valence-electron chi connectivity index (χ3n) is 1.22. The highest BCUT2D eigenvalue weighted by atomic mass is 28.2. The van der Waals surface area contributed by atoms with Crippen LogP contribution in [-0.4, -0.2) is 15.4 Å². The predicted octanol–water partition coefficient (Wildman–Crippen LogP) is 1.61. The van der Waals surface area contributed by atoms with Crippen LogP contribution < -0.4 is 0 Å². The summed E-state index contributed by atoms with van der Waals surface area (Å²) in [7, 11) is -0.364. The molecule has 0 fully saturated rings. The van der Waals surface area contributed by atoms with Crippen LogP contribution in [0.4, 0.5) is 0 Å². The van der Waals surface area contributed by atoms with Crippen molar-refractivity contribution in [2.24, 2.45) is 0 Å². The van der Waals surface area contributed by atoms with Crippen molar-refractivity contribution in [3.8, 4) is 6.07 Å². The molecule has 64 valence electrons. The quantitative estimate of drug-likeness (QED) is 0.475. The molecule has 0 aliphatic carbocycles. The second-order valence-corrected chi connectivity index (χ2v) is 4.98. The molecular formula is C8H17NOSi. The molecule has 0 aliphatic rings. The first-order valence-electron chi connectivity index (χ1n) is 4.07. The molecule has 0 spiro atoms. The third-order valence-corrected chi connectivity index (χ3v) is 3.08. The molecule has 0 saturated heterocycles. The molecule has 3 heteroatoms. The van der Waals surface area contributed by atoms with Gasteiger partial charge in [-0.2, -0.15) is 5.26 Å². The fourth-order valence-corrected chi connectivity index (χ4v) is 1.90. The highest BCUT2D eigenvalue weighted by molar-refractivity contribution is 6.27. The summed E-state index contributed by atoms with van der Waals surface area (Å²) in [6.45, 7) is 6.22. The van der Waals surface area contributed by atoms with Gasteiger partial charge in [0.1, 0.15) is 0 Å². The molecule has 0 aliphatic heterocycles. The normalized spacial score (nSPS) is 12.2. The van der Waals surface area contributed by atoms with Crippen LogP contribution in [0.25, 0.3) is 0 Å². The molecule has 0 unspecified atom stereocenters.